The molecule has 1 fully saturated rings. The first-order chi connectivity index (χ1) is 8.86. The number of carbonyl (C=O) groups excluding carboxylic acids is 1. The Kier molecular flexibility index (Phi) is 4.50. The fourth-order valence-corrected chi connectivity index (χ4v) is 2.38. The van der Waals surface area contributed by atoms with Crippen LogP contribution in [0.15, 0.2) is 12.4 Å². The molecule has 0 radical (unpaired) electrons. The molecule has 0 amide bonds. The Morgan fingerprint density at radius 3 is 2.53 bits per heavy atom. The molecular formula is C13H20IN3O2. The SMILES string of the molecule is CC(C)(C)C(=O)ON1CCC(n2cc(I)cn2)CC1. The maximum atomic E-state index is 11.8. The molecule has 0 bridgehead atoms. The van der Waals surface area contributed by atoms with Gasteiger partial charge in [-0.15, -0.1) is 5.06 Å². The van der Waals surface area contributed by atoms with Gasteiger partial charge in [-0.1, -0.05) is 0 Å². The van der Waals surface area contributed by atoms with Crippen molar-refractivity contribution >= 4 is 28.6 Å². The average molecular weight is 377 g/mol. The highest BCUT2D eigenvalue weighted by Crippen LogP contribution is 2.24. The van der Waals surface area contributed by atoms with Crippen molar-refractivity contribution in [1.29, 1.82) is 0 Å². The topological polar surface area (TPSA) is 47.4 Å². The zero-order chi connectivity index (χ0) is 14.0. The zero-order valence-electron chi connectivity index (χ0n) is 11.6. The van der Waals surface area contributed by atoms with Gasteiger partial charge in [0, 0.05) is 19.3 Å². The maximum Gasteiger partial charge on any atom is 0.330 e. The average Bonchev–Trinajstić information content (AvgIpc) is 2.75. The largest absolute Gasteiger partial charge is 0.367 e. The van der Waals surface area contributed by atoms with Gasteiger partial charge < -0.3 is 4.84 Å². The van der Waals surface area contributed by atoms with Gasteiger partial charge in [-0.25, -0.2) is 4.79 Å². The highest BCUT2D eigenvalue weighted by molar-refractivity contribution is 14.1. The minimum absolute atomic E-state index is 0.167. The second kappa shape index (κ2) is 5.78. The lowest BCUT2D eigenvalue weighted by molar-refractivity contribution is -0.205. The highest BCUT2D eigenvalue weighted by atomic mass is 127. The molecule has 1 aliphatic rings. The minimum Gasteiger partial charge on any atom is -0.367 e. The van der Waals surface area contributed by atoms with E-state index in [1.165, 1.54) is 0 Å². The fourth-order valence-electron chi connectivity index (χ4n) is 1.97. The minimum atomic E-state index is -0.449. The molecule has 1 saturated heterocycles. The van der Waals surface area contributed by atoms with Crippen LogP contribution in [0.1, 0.15) is 39.7 Å². The quantitative estimate of drug-likeness (QED) is 0.744. The first kappa shape index (κ1) is 14.8. The lowest BCUT2D eigenvalue weighted by Crippen LogP contribution is -2.39. The van der Waals surface area contributed by atoms with E-state index in [-0.39, 0.29) is 5.97 Å². The Labute approximate surface area is 127 Å². The van der Waals surface area contributed by atoms with Gasteiger partial charge in [-0.3, -0.25) is 4.68 Å². The third kappa shape index (κ3) is 3.92. The Bertz CT molecular complexity index is 445. The molecule has 0 aromatic carbocycles. The van der Waals surface area contributed by atoms with E-state index in [4.69, 9.17) is 4.84 Å². The standard InChI is InChI=1S/C13H20IN3O2/c1-13(2,3)12(18)19-16-6-4-11(5-7-16)17-9-10(14)8-15-17/h8-9,11H,4-7H2,1-3H3. The molecule has 1 aliphatic heterocycles. The van der Waals surface area contributed by atoms with Gasteiger partial charge in [-0.05, 0) is 56.2 Å². The highest BCUT2D eigenvalue weighted by Gasteiger charge is 2.28. The molecule has 1 aromatic rings. The molecule has 0 unspecified atom stereocenters. The molecule has 0 spiro atoms. The van der Waals surface area contributed by atoms with Crippen LogP contribution in [0.2, 0.25) is 0 Å². The summed E-state index contributed by atoms with van der Waals surface area (Å²) in [6.45, 7) is 7.14. The Balaban J connectivity index is 1.84. The van der Waals surface area contributed by atoms with E-state index in [1.807, 2.05) is 31.6 Å². The Hall–Kier alpha value is -0.630. The number of carbonyl (C=O) groups is 1. The molecule has 0 atom stereocenters. The van der Waals surface area contributed by atoms with Gasteiger partial charge >= 0.3 is 5.97 Å². The normalized spacial score (nSPS) is 18.5. The first-order valence-electron chi connectivity index (χ1n) is 6.53. The van der Waals surface area contributed by atoms with Crippen LogP contribution in [0.25, 0.3) is 0 Å². The summed E-state index contributed by atoms with van der Waals surface area (Å²) in [4.78, 5) is 17.2. The zero-order valence-corrected chi connectivity index (χ0v) is 13.8. The number of hydrogen-bond acceptors (Lipinski definition) is 4. The van der Waals surface area contributed by atoms with E-state index in [2.05, 4.69) is 33.9 Å². The van der Waals surface area contributed by atoms with Gasteiger partial charge in [-0.2, -0.15) is 5.10 Å². The van der Waals surface area contributed by atoms with Crippen molar-refractivity contribution in [1.82, 2.24) is 14.8 Å². The summed E-state index contributed by atoms with van der Waals surface area (Å²) in [5.41, 5.74) is -0.449. The van der Waals surface area contributed by atoms with Gasteiger partial charge in [0.1, 0.15) is 0 Å². The van der Waals surface area contributed by atoms with Crippen LogP contribution in [0, 0.1) is 8.99 Å². The molecule has 0 saturated carbocycles. The molecule has 2 rings (SSSR count). The van der Waals surface area contributed by atoms with Crippen LogP contribution in [0.5, 0.6) is 0 Å². The predicted octanol–water partition coefficient (Wildman–Crippen LogP) is 2.63. The number of piperidine rings is 1. The van der Waals surface area contributed by atoms with Crippen LogP contribution in [-0.4, -0.2) is 33.9 Å². The molecule has 19 heavy (non-hydrogen) atoms. The lowest BCUT2D eigenvalue weighted by Gasteiger charge is -2.32. The molecule has 0 N–H and O–H groups in total. The predicted molar refractivity (Wildman–Crippen MR) is 80.3 cm³/mol. The van der Waals surface area contributed by atoms with Gasteiger partial charge in [0.25, 0.3) is 0 Å². The molecule has 5 nitrogen and oxygen atoms in total. The summed E-state index contributed by atoms with van der Waals surface area (Å²) in [5, 5.41) is 6.12. The fraction of sp³-hybridized carbons (Fsp3) is 0.692. The van der Waals surface area contributed by atoms with Gasteiger partial charge in [0.05, 0.1) is 21.2 Å². The smallest absolute Gasteiger partial charge is 0.330 e. The van der Waals surface area contributed by atoms with Gasteiger partial charge in [0.2, 0.25) is 0 Å². The number of nitrogens with zero attached hydrogens (tertiary/aromatic N) is 3. The second-order valence-electron chi connectivity index (χ2n) is 5.93. The van der Waals surface area contributed by atoms with E-state index in [1.54, 1.807) is 5.06 Å². The summed E-state index contributed by atoms with van der Waals surface area (Å²) in [6.07, 6.45) is 5.83. The molecule has 1 aromatic heterocycles. The third-order valence-corrected chi connectivity index (χ3v) is 3.75. The van der Waals surface area contributed by atoms with Crippen molar-refractivity contribution in [2.45, 2.75) is 39.7 Å². The van der Waals surface area contributed by atoms with Crippen molar-refractivity contribution in [2.24, 2.45) is 5.41 Å². The number of rotatable bonds is 2. The summed E-state index contributed by atoms with van der Waals surface area (Å²) in [5.74, 6) is -0.167. The van der Waals surface area contributed by atoms with Crippen LogP contribution in [-0.2, 0) is 9.63 Å². The monoisotopic (exact) mass is 377 g/mol. The number of hydrogen-bond donors (Lipinski definition) is 0. The van der Waals surface area contributed by atoms with Crippen molar-refractivity contribution in [3.05, 3.63) is 16.0 Å². The first-order valence-corrected chi connectivity index (χ1v) is 7.61. The summed E-state index contributed by atoms with van der Waals surface area (Å²) in [6, 6.07) is 0.410. The third-order valence-electron chi connectivity index (χ3n) is 3.19. The van der Waals surface area contributed by atoms with E-state index in [9.17, 15) is 4.79 Å². The molecular weight excluding hydrogens is 357 g/mol. The van der Waals surface area contributed by atoms with E-state index in [0.717, 1.165) is 29.5 Å². The van der Waals surface area contributed by atoms with Crippen molar-refractivity contribution in [2.75, 3.05) is 13.1 Å². The second-order valence-corrected chi connectivity index (χ2v) is 7.17. The van der Waals surface area contributed by atoms with Gasteiger partial charge in [0.15, 0.2) is 0 Å². The van der Waals surface area contributed by atoms with Crippen LogP contribution in [0.3, 0.4) is 0 Å². The Morgan fingerprint density at radius 1 is 1.42 bits per heavy atom. The van der Waals surface area contributed by atoms with Crippen LogP contribution >= 0.6 is 22.6 Å². The summed E-state index contributed by atoms with van der Waals surface area (Å²) >= 11 is 2.26. The number of aromatic nitrogens is 2. The lowest BCUT2D eigenvalue weighted by atomic mass is 9.98. The van der Waals surface area contributed by atoms with Crippen molar-refractivity contribution < 1.29 is 9.63 Å². The summed E-state index contributed by atoms with van der Waals surface area (Å²) < 4.78 is 3.17. The molecule has 6 heteroatoms. The Morgan fingerprint density at radius 2 is 2.05 bits per heavy atom. The molecule has 0 aliphatic carbocycles. The van der Waals surface area contributed by atoms with Crippen molar-refractivity contribution in [3.63, 3.8) is 0 Å². The van der Waals surface area contributed by atoms with Crippen molar-refractivity contribution in [3.8, 4) is 0 Å². The van der Waals surface area contributed by atoms with E-state index >= 15 is 0 Å². The van der Waals surface area contributed by atoms with Crippen LogP contribution in [0.4, 0.5) is 0 Å². The van der Waals surface area contributed by atoms with Crippen LogP contribution < -0.4 is 0 Å². The number of halogens is 1. The van der Waals surface area contributed by atoms with E-state index in [0.29, 0.717) is 6.04 Å². The van der Waals surface area contributed by atoms with E-state index < -0.39 is 5.41 Å². The molecule has 106 valence electrons. The summed E-state index contributed by atoms with van der Waals surface area (Å²) in [7, 11) is 0. The maximum absolute atomic E-state index is 11.8. The number of hydroxylamine groups is 2. The molecule has 2 heterocycles.